The summed E-state index contributed by atoms with van der Waals surface area (Å²) in [6.07, 6.45) is 8.28. The van der Waals surface area contributed by atoms with Gasteiger partial charge in [0.15, 0.2) is 0 Å². The lowest BCUT2D eigenvalue weighted by Gasteiger charge is -2.24. The maximum absolute atomic E-state index is 13.7. The zero-order valence-corrected chi connectivity index (χ0v) is 20.2. The number of hydrogen-bond acceptors (Lipinski definition) is 8. The van der Waals surface area contributed by atoms with Crippen molar-refractivity contribution in [3.8, 4) is 0 Å². The zero-order chi connectivity index (χ0) is 24.0. The predicted molar refractivity (Wildman–Crippen MR) is 139 cm³/mol. The van der Waals surface area contributed by atoms with Crippen LogP contribution in [0.2, 0.25) is 0 Å². The molecule has 5 rings (SSSR count). The first kappa shape index (κ1) is 23.5. The van der Waals surface area contributed by atoms with E-state index in [9.17, 15) is 4.79 Å². The molecular formula is C26H28N6O2S. The van der Waals surface area contributed by atoms with Gasteiger partial charge in [-0.25, -0.2) is 4.98 Å². The van der Waals surface area contributed by atoms with Crippen molar-refractivity contribution >= 4 is 28.4 Å². The van der Waals surface area contributed by atoms with Gasteiger partial charge < -0.3 is 15.8 Å². The normalized spacial score (nSPS) is 15.2. The van der Waals surface area contributed by atoms with Gasteiger partial charge in [0, 0.05) is 55.5 Å². The Kier molecular flexibility index (Phi) is 7.37. The SMILES string of the molecule is NC(c1ccncc1)n1c(CSC2CCOCC2)nc2cc(NCc3ccncc3)ccc2c1=O. The van der Waals surface area contributed by atoms with Crippen LogP contribution in [0, 0.1) is 0 Å². The van der Waals surface area contributed by atoms with Crippen LogP contribution in [0.1, 0.15) is 36.0 Å². The first-order valence-electron chi connectivity index (χ1n) is 11.7. The quantitative estimate of drug-likeness (QED) is 0.386. The molecule has 1 atom stereocenters. The van der Waals surface area contributed by atoms with Gasteiger partial charge in [0.05, 0.1) is 16.7 Å². The zero-order valence-electron chi connectivity index (χ0n) is 19.3. The second kappa shape index (κ2) is 11.0. The van der Waals surface area contributed by atoms with Crippen LogP contribution in [0.4, 0.5) is 5.69 Å². The summed E-state index contributed by atoms with van der Waals surface area (Å²) in [5.41, 5.74) is 9.98. The number of benzene rings is 1. The Morgan fingerprint density at radius 1 is 1.06 bits per heavy atom. The number of rotatable bonds is 8. The number of pyridine rings is 2. The topological polar surface area (TPSA) is 108 Å². The van der Waals surface area contributed by atoms with Gasteiger partial charge in [-0.2, -0.15) is 11.8 Å². The van der Waals surface area contributed by atoms with Crippen molar-refractivity contribution in [1.29, 1.82) is 0 Å². The van der Waals surface area contributed by atoms with Crippen LogP contribution in [0.25, 0.3) is 10.9 Å². The first-order chi connectivity index (χ1) is 17.2. The summed E-state index contributed by atoms with van der Waals surface area (Å²) in [5.74, 6) is 1.28. The van der Waals surface area contributed by atoms with E-state index >= 15 is 0 Å². The summed E-state index contributed by atoms with van der Waals surface area (Å²) in [5, 5.41) is 4.44. The predicted octanol–water partition coefficient (Wildman–Crippen LogP) is 3.72. The highest BCUT2D eigenvalue weighted by Gasteiger charge is 2.21. The maximum Gasteiger partial charge on any atom is 0.263 e. The number of nitrogens with one attached hydrogen (secondary N) is 1. The van der Waals surface area contributed by atoms with Gasteiger partial charge in [-0.1, -0.05) is 0 Å². The molecule has 3 N–H and O–H groups in total. The number of thioether (sulfide) groups is 1. The van der Waals surface area contributed by atoms with E-state index in [1.165, 1.54) is 0 Å². The first-order valence-corrected chi connectivity index (χ1v) is 12.8. The van der Waals surface area contributed by atoms with Gasteiger partial charge in [-0.15, -0.1) is 0 Å². The molecule has 9 heteroatoms. The van der Waals surface area contributed by atoms with E-state index < -0.39 is 6.17 Å². The fraction of sp³-hybridized carbons (Fsp3) is 0.308. The molecule has 4 aromatic rings. The number of aromatic nitrogens is 4. The molecule has 1 saturated heterocycles. The minimum absolute atomic E-state index is 0.137. The average Bonchev–Trinajstić information content (AvgIpc) is 2.92. The number of fused-ring (bicyclic) bond motifs is 1. The lowest BCUT2D eigenvalue weighted by molar-refractivity contribution is 0.1000. The largest absolute Gasteiger partial charge is 0.381 e. The fourth-order valence-corrected chi connectivity index (χ4v) is 5.31. The second-order valence-corrected chi connectivity index (χ2v) is 9.78. The Morgan fingerprint density at radius 2 is 1.77 bits per heavy atom. The van der Waals surface area contributed by atoms with Gasteiger partial charge in [0.25, 0.3) is 5.56 Å². The molecule has 1 unspecified atom stereocenters. The summed E-state index contributed by atoms with van der Waals surface area (Å²) in [6.45, 7) is 2.21. The third-order valence-corrected chi connectivity index (χ3v) is 7.53. The summed E-state index contributed by atoms with van der Waals surface area (Å²) < 4.78 is 7.13. The van der Waals surface area contributed by atoms with Crippen molar-refractivity contribution in [3.05, 3.63) is 94.6 Å². The standard InChI is InChI=1S/C26H28N6O2S/c27-25(19-5-11-29-12-6-19)32-24(17-35-21-7-13-34-14-8-21)31-23-15-20(1-2-22(23)26(32)33)30-16-18-3-9-28-10-4-18/h1-6,9-12,15,21,25,30H,7-8,13-14,16-17,27H2. The van der Waals surface area contributed by atoms with Crippen molar-refractivity contribution in [2.45, 2.75) is 36.6 Å². The average molecular weight is 489 g/mol. The monoisotopic (exact) mass is 488 g/mol. The Morgan fingerprint density at radius 3 is 2.51 bits per heavy atom. The minimum atomic E-state index is -0.641. The van der Waals surface area contributed by atoms with E-state index in [2.05, 4.69) is 15.3 Å². The van der Waals surface area contributed by atoms with E-state index in [1.807, 2.05) is 54.2 Å². The minimum Gasteiger partial charge on any atom is -0.381 e. The summed E-state index contributed by atoms with van der Waals surface area (Å²) in [4.78, 5) is 26.8. The number of nitrogens with two attached hydrogens (primary N) is 1. The molecule has 0 amide bonds. The van der Waals surface area contributed by atoms with Crippen molar-refractivity contribution in [2.75, 3.05) is 18.5 Å². The highest BCUT2D eigenvalue weighted by Crippen LogP contribution is 2.27. The van der Waals surface area contributed by atoms with Gasteiger partial charge in [0.2, 0.25) is 0 Å². The Labute approximate surface area is 208 Å². The third-order valence-electron chi connectivity index (χ3n) is 6.16. The van der Waals surface area contributed by atoms with Crippen LogP contribution in [-0.2, 0) is 17.0 Å². The lowest BCUT2D eigenvalue weighted by atomic mass is 10.1. The van der Waals surface area contributed by atoms with Gasteiger partial charge in [-0.05, 0) is 66.4 Å². The van der Waals surface area contributed by atoms with Crippen LogP contribution in [0.3, 0.4) is 0 Å². The van der Waals surface area contributed by atoms with Crippen LogP contribution in [0.15, 0.2) is 72.0 Å². The Hall–Kier alpha value is -3.27. The van der Waals surface area contributed by atoms with Crippen molar-refractivity contribution < 1.29 is 4.74 Å². The van der Waals surface area contributed by atoms with Crippen molar-refractivity contribution in [2.24, 2.45) is 5.73 Å². The third kappa shape index (κ3) is 5.53. The van der Waals surface area contributed by atoms with Crippen molar-refractivity contribution in [1.82, 2.24) is 19.5 Å². The molecule has 4 heterocycles. The summed E-state index contributed by atoms with van der Waals surface area (Å²) in [6, 6.07) is 13.3. The van der Waals surface area contributed by atoms with Crippen LogP contribution in [-0.4, -0.2) is 38.0 Å². The molecule has 0 radical (unpaired) electrons. The molecule has 35 heavy (non-hydrogen) atoms. The summed E-state index contributed by atoms with van der Waals surface area (Å²) in [7, 11) is 0. The number of nitrogens with zero attached hydrogens (tertiary/aromatic N) is 4. The van der Waals surface area contributed by atoms with Crippen molar-refractivity contribution in [3.63, 3.8) is 0 Å². The number of anilines is 1. The van der Waals surface area contributed by atoms with Gasteiger partial charge in [-0.3, -0.25) is 19.3 Å². The highest BCUT2D eigenvalue weighted by atomic mass is 32.2. The number of hydrogen-bond donors (Lipinski definition) is 2. The van der Waals surface area contributed by atoms with Crippen LogP contribution < -0.4 is 16.6 Å². The second-order valence-electron chi connectivity index (χ2n) is 8.49. The molecule has 1 aliphatic rings. The van der Waals surface area contributed by atoms with Crippen LogP contribution >= 0.6 is 11.8 Å². The molecule has 1 aromatic carbocycles. The molecule has 3 aromatic heterocycles. The molecular weight excluding hydrogens is 460 g/mol. The summed E-state index contributed by atoms with van der Waals surface area (Å²) >= 11 is 1.81. The fourth-order valence-electron chi connectivity index (χ4n) is 4.19. The number of ether oxygens (including phenoxy) is 1. The van der Waals surface area contributed by atoms with E-state index in [-0.39, 0.29) is 5.56 Å². The molecule has 0 bridgehead atoms. The molecule has 0 aliphatic carbocycles. The lowest BCUT2D eigenvalue weighted by Crippen LogP contribution is -2.34. The molecule has 1 fully saturated rings. The molecule has 1 aliphatic heterocycles. The van der Waals surface area contributed by atoms with E-state index in [0.29, 0.717) is 34.3 Å². The Bertz CT molecular complexity index is 1330. The molecule has 8 nitrogen and oxygen atoms in total. The molecule has 0 saturated carbocycles. The Balaban J connectivity index is 1.49. The van der Waals surface area contributed by atoms with E-state index in [0.717, 1.165) is 42.9 Å². The van der Waals surface area contributed by atoms with E-state index in [4.69, 9.17) is 15.5 Å². The van der Waals surface area contributed by atoms with Gasteiger partial charge in [0.1, 0.15) is 12.0 Å². The molecule has 180 valence electrons. The van der Waals surface area contributed by atoms with Crippen LogP contribution in [0.5, 0.6) is 0 Å². The van der Waals surface area contributed by atoms with Gasteiger partial charge >= 0.3 is 0 Å². The maximum atomic E-state index is 13.7. The smallest absolute Gasteiger partial charge is 0.263 e. The molecule has 0 spiro atoms. The highest BCUT2D eigenvalue weighted by molar-refractivity contribution is 7.99. The van der Waals surface area contributed by atoms with E-state index in [1.54, 1.807) is 29.4 Å².